The van der Waals surface area contributed by atoms with Crippen molar-refractivity contribution in [3.05, 3.63) is 0 Å². The number of nitrogens with zero attached hydrogens (tertiary/aromatic N) is 1. The van der Waals surface area contributed by atoms with Crippen LogP contribution in [-0.2, 0) is 14.3 Å². The molecule has 1 N–H and O–H groups in total. The fourth-order valence-corrected chi connectivity index (χ4v) is 3.06. The van der Waals surface area contributed by atoms with E-state index < -0.39 is 5.41 Å². The predicted molar refractivity (Wildman–Crippen MR) is 78.5 cm³/mol. The SMILES string of the molecule is N#CC1(C(=O)NCCCOC[C@@H]2CCOC2)CCCCC1. The molecule has 0 unspecified atom stereocenters. The van der Waals surface area contributed by atoms with E-state index in [1.807, 2.05) is 0 Å². The van der Waals surface area contributed by atoms with Gasteiger partial charge < -0.3 is 14.8 Å². The molecule has 21 heavy (non-hydrogen) atoms. The van der Waals surface area contributed by atoms with Crippen LogP contribution in [0.15, 0.2) is 0 Å². The summed E-state index contributed by atoms with van der Waals surface area (Å²) in [5.74, 6) is 0.442. The van der Waals surface area contributed by atoms with E-state index in [0.717, 1.165) is 51.9 Å². The molecule has 1 atom stereocenters. The van der Waals surface area contributed by atoms with Crippen LogP contribution in [0.2, 0.25) is 0 Å². The summed E-state index contributed by atoms with van der Waals surface area (Å²) in [5, 5.41) is 12.2. The van der Waals surface area contributed by atoms with Crippen molar-refractivity contribution < 1.29 is 14.3 Å². The maximum atomic E-state index is 12.2. The molecular weight excluding hydrogens is 268 g/mol. The van der Waals surface area contributed by atoms with Crippen molar-refractivity contribution in [2.75, 3.05) is 33.0 Å². The van der Waals surface area contributed by atoms with E-state index >= 15 is 0 Å². The Morgan fingerprint density at radius 1 is 1.38 bits per heavy atom. The monoisotopic (exact) mass is 294 g/mol. The second-order valence-corrected chi connectivity index (χ2v) is 6.17. The fraction of sp³-hybridized carbons (Fsp3) is 0.875. The lowest BCUT2D eigenvalue weighted by Crippen LogP contribution is -2.42. The largest absolute Gasteiger partial charge is 0.381 e. The highest BCUT2D eigenvalue weighted by Crippen LogP contribution is 2.35. The van der Waals surface area contributed by atoms with Crippen molar-refractivity contribution in [2.45, 2.75) is 44.9 Å². The molecule has 5 nitrogen and oxygen atoms in total. The Balaban J connectivity index is 1.57. The summed E-state index contributed by atoms with van der Waals surface area (Å²) in [6.07, 6.45) is 6.37. The van der Waals surface area contributed by atoms with Crippen molar-refractivity contribution in [1.82, 2.24) is 5.32 Å². The molecule has 118 valence electrons. The van der Waals surface area contributed by atoms with Crippen LogP contribution >= 0.6 is 0 Å². The second-order valence-electron chi connectivity index (χ2n) is 6.17. The minimum atomic E-state index is -0.777. The average molecular weight is 294 g/mol. The number of amides is 1. The Bertz CT molecular complexity index is 366. The van der Waals surface area contributed by atoms with Crippen molar-refractivity contribution in [2.24, 2.45) is 11.3 Å². The molecule has 5 heteroatoms. The Morgan fingerprint density at radius 2 is 2.19 bits per heavy atom. The first kappa shape index (κ1) is 16.3. The van der Waals surface area contributed by atoms with Crippen LogP contribution in [0.5, 0.6) is 0 Å². The molecule has 1 amide bonds. The lowest BCUT2D eigenvalue weighted by atomic mass is 9.74. The third kappa shape index (κ3) is 4.69. The molecular formula is C16H26N2O3. The molecule has 1 saturated carbocycles. The second kappa shape index (κ2) is 8.35. The molecule has 0 bridgehead atoms. The molecule has 2 aliphatic rings. The van der Waals surface area contributed by atoms with Crippen LogP contribution < -0.4 is 5.32 Å². The van der Waals surface area contributed by atoms with Gasteiger partial charge in [0.05, 0.1) is 19.3 Å². The fourth-order valence-electron chi connectivity index (χ4n) is 3.06. The lowest BCUT2D eigenvalue weighted by molar-refractivity contribution is -0.129. The van der Waals surface area contributed by atoms with Gasteiger partial charge in [-0.15, -0.1) is 0 Å². The zero-order valence-electron chi connectivity index (χ0n) is 12.7. The van der Waals surface area contributed by atoms with E-state index in [-0.39, 0.29) is 5.91 Å². The van der Waals surface area contributed by atoms with Gasteiger partial charge in [-0.25, -0.2) is 0 Å². The number of nitrogens with one attached hydrogen (secondary N) is 1. The summed E-state index contributed by atoms with van der Waals surface area (Å²) in [6, 6.07) is 2.25. The quantitative estimate of drug-likeness (QED) is 0.729. The van der Waals surface area contributed by atoms with Gasteiger partial charge in [-0.3, -0.25) is 4.79 Å². The lowest BCUT2D eigenvalue weighted by Gasteiger charge is -2.29. The molecule has 0 spiro atoms. The smallest absolute Gasteiger partial charge is 0.240 e. The van der Waals surface area contributed by atoms with Gasteiger partial charge in [-0.1, -0.05) is 19.3 Å². The zero-order valence-corrected chi connectivity index (χ0v) is 12.7. The van der Waals surface area contributed by atoms with E-state index in [1.165, 1.54) is 0 Å². The molecule has 2 fully saturated rings. The summed E-state index contributed by atoms with van der Waals surface area (Å²) in [6.45, 7) is 3.64. The van der Waals surface area contributed by atoms with E-state index in [2.05, 4.69) is 11.4 Å². The van der Waals surface area contributed by atoms with Gasteiger partial charge in [0.15, 0.2) is 0 Å². The molecule has 1 aliphatic carbocycles. The van der Waals surface area contributed by atoms with Crippen LogP contribution in [0.3, 0.4) is 0 Å². The molecule has 1 saturated heterocycles. The normalized spacial score (nSPS) is 24.4. The minimum Gasteiger partial charge on any atom is -0.381 e. The third-order valence-corrected chi connectivity index (χ3v) is 4.48. The van der Waals surface area contributed by atoms with E-state index in [4.69, 9.17) is 9.47 Å². The summed E-state index contributed by atoms with van der Waals surface area (Å²) >= 11 is 0. The van der Waals surface area contributed by atoms with Crippen LogP contribution in [-0.4, -0.2) is 38.9 Å². The van der Waals surface area contributed by atoms with Gasteiger partial charge in [-0.2, -0.15) is 5.26 Å². The first-order valence-electron chi connectivity index (χ1n) is 8.12. The van der Waals surface area contributed by atoms with Gasteiger partial charge in [0.2, 0.25) is 5.91 Å². The summed E-state index contributed by atoms with van der Waals surface area (Å²) in [4.78, 5) is 12.2. The molecule has 1 aliphatic heterocycles. The Morgan fingerprint density at radius 3 is 2.86 bits per heavy atom. The number of nitriles is 1. The standard InChI is InChI=1S/C16H26N2O3/c17-13-16(6-2-1-3-7-16)15(19)18-8-4-9-20-11-14-5-10-21-12-14/h14H,1-12H2,(H,18,19)/t14-/m0/s1. The Labute approximate surface area is 127 Å². The first-order chi connectivity index (χ1) is 10.3. The van der Waals surface area contributed by atoms with E-state index in [0.29, 0.717) is 31.9 Å². The van der Waals surface area contributed by atoms with Gasteiger partial charge in [0.25, 0.3) is 0 Å². The van der Waals surface area contributed by atoms with Gasteiger partial charge in [0.1, 0.15) is 5.41 Å². The van der Waals surface area contributed by atoms with Crippen LogP contribution in [0.4, 0.5) is 0 Å². The van der Waals surface area contributed by atoms with Crippen LogP contribution in [0, 0.1) is 22.7 Å². The van der Waals surface area contributed by atoms with Crippen molar-refractivity contribution in [1.29, 1.82) is 5.26 Å². The van der Waals surface area contributed by atoms with Crippen molar-refractivity contribution in [3.8, 4) is 6.07 Å². The van der Waals surface area contributed by atoms with E-state index in [9.17, 15) is 10.1 Å². The van der Waals surface area contributed by atoms with E-state index in [1.54, 1.807) is 0 Å². The van der Waals surface area contributed by atoms with Crippen LogP contribution in [0.1, 0.15) is 44.9 Å². The average Bonchev–Trinajstić information content (AvgIpc) is 3.04. The Kier molecular flexibility index (Phi) is 6.47. The van der Waals surface area contributed by atoms with Gasteiger partial charge >= 0.3 is 0 Å². The highest BCUT2D eigenvalue weighted by Gasteiger charge is 2.39. The third-order valence-electron chi connectivity index (χ3n) is 4.48. The number of ether oxygens (including phenoxy) is 2. The maximum absolute atomic E-state index is 12.2. The molecule has 0 aromatic rings. The Hall–Kier alpha value is -1.12. The molecule has 2 rings (SSSR count). The number of rotatable bonds is 7. The summed E-state index contributed by atoms with van der Waals surface area (Å²) < 4.78 is 10.9. The zero-order chi connectivity index (χ0) is 15.0. The molecule has 0 aromatic carbocycles. The molecule has 0 aromatic heterocycles. The topological polar surface area (TPSA) is 71.4 Å². The number of hydrogen-bond acceptors (Lipinski definition) is 4. The van der Waals surface area contributed by atoms with Crippen LogP contribution in [0.25, 0.3) is 0 Å². The number of hydrogen-bond donors (Lipinski definition) is 1. The number of carbonyl (C=O) groups excluding carboxylic acids is 1. The minimum absolute atomic E-state index is 0.0890. The van der Waals surface area contributed by atoms with Gasteiger partial charge in [-0.05, 0) is 25.7 Å². The first-order valence-corrected chi connectivity index (χ1v) is 8.12. The summed E-state index contributed by atoms with van der Waals surface area (Å²) in [7, 11) is 0. The van der Waals surface area contributed by atoms with Crippen molar-refractivity contribution in [3.63, 3.8) is 0 Å². The maximum Gasteiger partial charge on any atom is 0.240 e. The highest BCUT2D eigenvalue weighted by atomic mass is 16.5. The predicted octanol–water partition coefficient (Wildman–Crippen LogP) is 2.02. The van der Waals surface area contributed by atoms with Gasteiger partial charge in [0, 0.05) is 25.7 Å². The summed E-state index contributed by atoms with van der Waals surface area (Å²) in [5.41, 5.74) is -0.777. The highest BCUT2D eigenvalue weighted by molar-refractivity contribution is 5.85. The molecule has 0 radical (unpaired) electrons. The molecule has 1 heterocycles. The number of carbonyl (C=O) groups is 1. The van der Waals surface area contributed by atoms with Crippen molar-refractivity contribution >= 4 is 5.91 Å².